The lowest BCUT2D eigenvalue weighted by Crippen LogP contribution is -2.45. The van der Waals surface area contributed by atoms with Crippen molar-refractivity contribution in [3.05, 3.63) is 52.6 Å². The molecule has 2 aromatic rings. The number of nitrogens with zero attached hydrogens (tertiary/aromatic N) is 3. The van der Waals surface area contributed by atoms with Gasteiger partial charge in [-0.3, -0.25) is 14.6 Å². The smallest absolute Gasteiger partial charge is 0.373 e. The number of hydrogen-bond donors (Lipinski definition) is 1. The number of carbonyl (C=O) groups excluding carboxylic acids is 2. The summed E-state index contributed by atoms with van der Waals surface area (Å²) in [6.45, 7) is 2.08. The van der Waals surface area contributed by atoms with Crippen LogP contribution < -0.4 is 5.32 Å². The zero-order valence-corrected chi connectivity index (χ0v) is 19.2. The van der Waals surface area contributed by atoms with Crippen molar-refractivity contribution in [1.82, 2.24) is 19.8 Å². The molecule has 2 aliphatic heterocycles. The number of amides is 2. The van der Waals surface area contributed by atoms with Crippen LogP contribution in [-0.2, 0) is 24.1 Å². The number of nitrogens with one attached hydrogen (secondary N) is 1. The summed E-state index contributed by atoms with van der Waals surface area (Å²) in [5.74, 6) is -1.43. The third-order valence-electron chi connectivity index (χ3n) is 6.45. The molecule has 1 fully saturated rings. The molecule has 36 heavy (non-hydrogen) atoms. The molecule has 7 nitrogen and oxygen atoms in total. The minimum absolute atomic E-state index is 0.0165. The van der Waals surface area contributed by atoms with Crippen molar-refractivity contribution < 1.29 is 40.7 Å². The number of aromatic nitrogens is 2. The number of carbonyl (C=O) groups is 2. The van der Waals surface area contributed by atoms with Crippen LogP contribution in [-0.4, -0.2) is 51.6 Å². The van der Waals surface area contributed by atoms with E-state index in [1.54, 1.807) is 6.92 Å². The minimum atomic E-state index is -4.60. The summed E-state index contributed by atoms with van der Waals surface area (Å²) in [6.07, 6.45) is -7.75. The Kier molecular flexibility index (Phi) is 7.04. The summed E-state index contributed by atoms with van der Waals surface area (Å²) in [5.41, 5.74) is -0.318. The van der Waals surface area contributed by atoms with Crippen LogP contribution in [0.15, 0.2) is 24.4 Å². The summed E-state index contributed by atoms with van der Waals surface area (Å²) in [6, 6.07) is 0.750. The SMILES string of the molecule is CC[C@@H](NC(=O)c1cc(C(=O)N2CCCC2C(F)(F)F)n2c1COCC2)c1ccc(C(F)(F)F)nc1. The topological polar surface area (TPSA) is 76.5 Å². The van der Waals surface area contributed by atoms with Crippen molar-refractivity contribution in [2.45, 2.75) is 63.8 Å². The third-order valence-corrected chi connectivity index (χ3v) is 6.45. The van der Waals surface area contributed by atoms with E-state index < -0.39 is 41.9 Å². The van der Waals surface area contributed by atoms with E-state index in [1.165, 1.54) is 16.7 Å². The second-order valence-electron chi connectivity index (χ2n) is 8.70. The van der Waals surface area contributed by atoms with Crippen molar-refractivity contribution in [2.75, 3.05) is 13.2 Å². The Morgan fingerprint density at radius 2 is 1.94 bits per heavy atom. The summed E-state index contributed by atoms with van der Waals surface area (Å²) in [4.78, 5) is 30.6. The second-order valence-corrected chi connectivity index (χ2v) is 8.70. The first-order valence-corrected chi connectivity index (χ1v) is 11.4. The standard InChI is InChI=1S/C23H24F6N4O3/c1-2-15(13-5-6-18(30-11-13)22(24,25)26)31-20(34)14-10-16(32-8-9-36-12-17(14)32)21(35)33-7-3-4-19(33)23(27,28)29/h5-6,10-11,15,19H,2-4,7-9,12H2,1H3,(H,31,34)/t15-,19?/m1/s1. The molecule has 0 bridgehead atoms. The van der Waals surface area contributed by atoms with Gasteiger partial charge in [-0.15, -0.1) is 0 Å². The van der Waals surface area contributed by atoms with E-state index in [4.69, 9.17) is 4.74 Å². The van der Waals surface area contributed by atoms with Gasteiger partial charge in [0.05, 0.1) is 30.5 Å². The van der Waals surface area contributed by atoms with Crippen molar-refractivity contribution in [3.8, 4) is 0 Å². The van der Waals surface area contributed by atoms with E-state index in [1.807, 2.05) is 0 Å². The Morgan fingerprint density at radius 1 is 1.19 bits per heavy atom. The Bertz CT molecular complexity index is 1130. The molecule has 0 aliphatic carbocycles. The van der Waals surface area contributed by atoms with E-state index >= 15 is 0 Å². The fourth-order valence-corrected chi connectivity index (χ4v) is 4.63. The maximum Gasteiger partial charge on any atom is 0.433 e. The Labute approximate surface area is 202 Å². The van der Waals surface area contributed by atoms with E-state index in [0.29, 0.717) is 17.7 Å². The second kappa shape index (κ2) is 9.75. The highest BCUT2D eigenvalue weighted by atomic mass is 19.4. The fourth-order valence-electron chi connectivity index (χ4n) is 4.63. The number of rotatable bonds is 5. The average molecular weight is 518 g/mol. The van der Waals surface area contributed by atoms with Crippen molar-refractivity contribution in [1.29, 1.82) is 0 Å². The van der Waals surface area contributed by atoms with Gasteiger partial charge in [-0.1, -0.05) is 13.0 Å². The van der Waals surface area contributed by atoms with Crippen molar-refractivity contribution >= 4 is 11.8 Å². The molecular weight excluding hydrogens is 494 g/mol. The quantitative estimate of drug-likeness (QED) is 0.593. The van der Waals surface area contributed by atoms with Crippen LogP contribution in [0.5, 0.6) is 0 Å². The van der Waals surface area contributed by atoms with Crippen LogP contribution in [0.25, 0.3) is 0 Å². The molecule has 4 heterocycles. The molecular formula is C23H24F6N4O3. The summed E-state index contributed by atoms with van der Waals surface area (Å²) in [7, 11) is 0. The first-order valence-electron chi connectivity index (χ1n) is 11.4. The molecule has 2 aliphatic rings. The van der Waals surface area contributed by atoms with Crippen LogP contribution in [0.4, 0.5) is 26.3 Å². The maximum atomic E-state index is 13.4. The highest BCUT2D eigenvalue weighted by molar-refractivity contribution is 6.01. The predicted molar refractivity (Wildman–Crippen MR) is 114 cm³/mol. The Hall–Kier alpha value is -3.09. The van der Waals surface area contributed by atoms with Gasteiger partial charge in [-0.05, 0) is 37.0 Å². The van der Waals surface area contributed by atoms with Gasteiger partial charge >= 0.3 is 12.4 Å². The molecule has 0 spiro atoms. The zero-order valence-electron chi connectivity index (χ0n) is 19.2. The van der Waals surface area contributed by atoms with Gasteiger partial charge in [0.25, 0.3) is 11.8 Å². The normalized spacial score (nSPS) is 19.2. The van der Waals surface area contributed by atoms with E-state index in [0.717, 1.165) is 17.2 Å². The third kappa shape index (κ3) is 5.06. The summed E-state index contributed by atoms with van der Waals surface area (Å²) >= 11 is 0. The average Bonchev–Trinajstić information content (AvgIpc) is 3.47. The molecule has 4 rings (SSSR count). The number of likely N-dealkylation sites (tertiary alicyclic amines) is 1. The molecule has 0 aromatic carbocycles. The maximum absolute atomic E-state index is 13.4. The molecule has 1 unspecified atom stereocenters. The van der Waals surface area contributed by atoms with Crippen LogP contribution in [0.2, 0.25) is 0 Å². The first kappa shape index (κ1) is 26.0. The lowest BCUT2D eigenvalue weighted by Gasteiger charge is -2.27. The number of alkyl halides is 6. The van der Waals surface area contributed by atoms with Gasteiger partial charge in [0, 0.05) is 19.3 Å². The molecule has 1 N–H and O–H groups in total. The monoisotopic (exact) mass is 518 g/mol. The number of fused-ring (bicyclic) bond motifs is 1. The van der Waals surface area contributed by atoms with Crippen LogP contribution in [0, 0.1) is 0 Å². The molecule has 0 radical (unpaired) electrons. The summed E-state index contributed by atoms with van der Waals surface area (Å²) < 4.78 is 85.7. The van der Waals surface area contributed by atoms with Crippen molar-refractivity contribution in [2.24, 2.45) is 0 Å². The fraction of sp³-hybridized carbons (Fsp3) is 0.522. The number of pyridine rings is 1. The molecule has 196 valence electrons. The van der Waals surface area contributed by atoms with Gasteiger partial charge in [-0.2, -0.15) is 26.3 Å². The van der Waals surface area contributed by atoms with E-state index in [-0.39, 0.29) is 50.4 Å². The van der Waals surface area contributed by atoms with Crippen LogP contribution in [0.3, 0.4) is 0 Å². The lowest BCUT2D eigenvalue weighted by atomic mass is 10.1. The molecule has 1 saturated heterocycles. The molecule has 0 saturated carbocycles. The Balaban J connectivity index is 1.60. The van der Waals surface area contributed by atoms with Crippen molar-refractivity contribution in [3.63, 3.8) is 0 Å². The van der Waals surface area contributed by atoms with E-state index in [2.05, 4.69) is 10.3 Å². The van der Waals surface area contributed by atoms with E-state index in [9.17, 15) is 35.9 Å². The number of ether oxygens (including phenoxy) is 1. The highest BCUT2D eigenvalue weighted by Gasteiger charge is 2.48. The molecule has 2 amide bonds. The van der Waals surface area contributed by atoms with Gasteiger partial charge in [-0.25, -0.2) is 0 Å². The predicted octanol–water partition coefficient (Wildman–Crippen LogP) is 4.48. The van der Waals surface area contributed by atoms with Crippen LogP contribution >= 0.6 is 0 Å². The first-order chi connectivity index (χ1) is 16.9. The molecule has 2 atom stereocenters. The minimum Gasteiger partial charge on any atom is -0.373 e. The Morgan fingerprint density at radius 3 is 2.56 bits per heavy atom. The lowest BCUT2D eigenvalue weighted by molar-refractivity contribution is -0.169. The number of halogens is 6. The summed E-state index contributed by atoms with van der Waals surface area (Å²) in [5, 5.41) is 2.73. The zero-order chi connectivity index (χ0) is 26.3. The van der Waals surface area contributed by atoms with Gasteiger partial charge in [0.1, 0.15) is 17.4 Å². The molecule has 2 aromatic heterocycles. The van der Waals surface area contributed by atoms with Crippen LogP contribution in [0.1, 0.15) is 70.0 Å². The number of hydrogen-bond acceptors (Lipinski definition) is 4. The van der Waals surface area contributed by atoms with Gasteiger partial charge < -0.3 is 19.5 Å². The highest BCUT2D eigenvalue weighted by Crippen LogP contribution is 2.34. The largest absolute Gasteiger partial charge is 0.433 e. The van der Waals surface area contributed by atoms with Gasteiger partial charge in [0.2, 0.25) is 0 Å². The van der Waals surface area contributed by atoms with Gasteiger partial charge in [0.15, 0.2) is 0 Å². The molecule has 13 heteroatoms.